The van der Waals surface area contributed by atoms with E-state index in [0.29, 0.717) is 0 Å². The highest BCUT2D eigenvalue weighted by molar-refractivity contribution is 5.21. The van der Waals surface area contributed by atoms with Crippen molar-refractivity contribution in [1.29, 1.82) is 0 Å². The van der Waals surface area contributed by atoms with Crippen molar-refractivity contribution in [3.05, 3.63) is 35.4 Å². The summed E-state index contributed by atoms with van der Waals surface area (Å²) in [6, 6.07) is 8.58. The van der Waals surface area contributed by atoms with Crippen molar-refractivity contribution in [2.75, 3.05) is 19.7 Å². The van der Waals surface area contributed by atoms with Crippen molar-refractivity contribution in [3.63, 3.8) is 0 Å². The lowest BCUT2D eigenvalue weighted by Crippen LogP contribution is -2.45. The van der Waals surface area contributed by atoms with E-state index in [4.69, 9.17) is 5.73 Å². The van der Waals surface area contributed by atoms with Crippen molar-refractivity contribution >= 4 is 0 Å². The first kappa shape index (κ1) is 11.6. The Morgan fingerprint density at radius 1 is 1.38 bits per heavy atom. The number of rotatable bonds is 3. The molecule has 1 atom stereocenters. The molecule has 1 saturated heterocycles. The molecule has 0 radical (unpaired) electrons. The molecule has 1 unspecified atom stereocenters. The zero-order valence-corrected chi connectivity index (χ0v) is 9.82. The summed E-state index contributed by atoms with van der Waals surface area (Å²) in [7, 11) is 0. The Kier molecular flexibility index (Phi) is 3.28. The van der Waals surface area contributed by atoms with Gasteiger partial charge in [-0.25, -0.2) is 0 Å². The number of hydrogen-bond donors (Lipinski definition) is 2. The van der Waals surface area contributed by atoms with Crippen molar-refractivity contribution in [2.45, 2.75) is 25.4 Å². The predicted molar refractivity (Wildman–Crippen MR) is 65.1 cm³/mol. The van der Waals surface area contributed by atoms with Crippen LogP contribution in [-0.4, -0.2) is 35.2 Å². The number of aliphatic hydroxyl groups is 1. The fraction of sp³-hybridized carbons (Fsp3) is 0.538. The molecule has 3 heteroatoms. The smallest absolute Gasteiger partial charge is 0.0624 e. The monoisotopic (exact) mass is 220 g/mol. The predicted octanol–water partition coefficient (Wildman–Crippen LogP) is 0.891. The number of likely N-dealkylation sites (tertiary alicyclic amines) is 1. The number of nitrogens with two attached hydrogens (primary N) is 1. The first-order valence-corrected chi connectivity index (χ1v) is 5.79. The number of aliphatic hydroxyl groups excluding tert-OH is 1. The second-order valence-electron chi connectivity index (χ2n) is 4.97. The van der Waals surface area contributed by atoms with Crippen LogP contribution >= 0.6 is 0 Å². The van der Waals surface area contributed by atoms with E-state index in [1.807, 2.05) is 0 Å². The van der Waals surface area contributed by atoms with E-state index >= 15 is 0 Å². The van der Waals surface area contributed by atoms with Crippen molar-refractivity contribution in [1.82, 2.24) is 4.90 Å². The van der Waals surface area contributed by atoms with Gasteiger partial charge < -0.3 is 10.8 Å². The first-order valence-electron chi connectivity index (χ1n) is 5.79. The number of benzene rings is 1. The van der Waals surface area contributed by atoms with Crippen LogP contribution in [0.25, 0.3) is 0 Å². The summed E-state index contributed by atoms with van der Waals surface area (Å²) in [5.74, 6) is 0. The Bertz CT molecular complexity index is 349. The van der Waals surface area contributed by atoms with Crippen LogP contribution in [0, 0.1) is 6.92 Å². The Morgan fingerprint density at radius 2 is 2.06 bits per heavy atom. The molecule has 1 heterocycles. The molecule has 1 aromatic carbocycles. The summed E-state index contributed by atoms with van der Waals surface area (Å²) in [4.78, 5) is 2.31. The normalized spacial score (nSPS) is 26.2. The van der Waals surface area contributed by atoms with Crippen LogP contribution in [0.1, 0.15) is 17.5 Å². The van der Waals surface area contributed by atoms with E-state index in [1.54, 1.807) is 0 Å². The molecule has 0 saturated carbocycles. The molecular formula is C13H20N2O. The lowest BCUT2D eigenvalue weighted by Gasteiger charge is -2.22. The van der Waals surface area contributed by atoms with Crippen LogP contribution in [-0.2, 0) is 6.54 Å². The number of hydrogen-bond acceptors (Lipinski definition) is 3. The third kappa shape index (κ3) is 2.61. The molecule has 1 aliphatic heterocycles. The van der Waals surface area contributed by atoms with E-state index < -0.39 is 0 Å². The van der Waals surface area contributed by atoms with Crippen LogP contribution in [0.3, 0.4) is 0 Å². The molecule has 0 bridgehead atoms. The van der Waals surface area contributed by atoms with Gasteiger partial charge in [0.2, 0.25) is 0 Å². The average Bonchev–Trinajstić information content (AvgIpc) is 2.65. The van der Waals surface area contributed by atoms with Gasteiger partial charge in [-0.1, -0.05) is 29.8 Å². The SMILES string of the molecule is Cc1ccc(CN2CCC(N)(CO)C2)cc1. The molecule has 2 rings (SSSR count). The second kappa shape index (κ2) is 4.53. The van der Waals surface area contributed by atoms with Gasteiger partial charge >= 0.3 is 0 Å². The molecule has 1 fully saturated rings. The van der Waals surface area contributed by atoms with Gasteiger partial charge in [-0.15, -0.1) is 0 Å². The zero-order chi connectivity index (χ0) is 11.6. The molecule has 0 aliphatic carbocycles. The third-order valence-electron chi connectivity index (χ3n) is 3.31. The molecule has 1 aromatic rings. The van der Waals surface area contributed by atoms with E-state index in [0.717, 1.165) is 26.1 Å². The summed E-state index contributed by atoms with van der Waals surface area (Å²) >= 11 is 0. The third-order valence-corrected chi connectivity index (χ3v) is 3.31. The highest BCUT2D eigenvalue weighted by Crippen LogP contribution is 2.20. The van der Waals surface area contributed by atoms with E-state index in [2.05, 4.69) is 36.1 Å². The highest BCUT2D eigenvalue weighted by atomic mass is 16.3. The molecule has 0 amide bonds. The maximum atomic E-state index is 9.19. The quantitative estimate of drug-likeness (QED) is 0.795. The minimum atomic E-state index is -0.384. The van der Waals surface area contributed by atoms with Gasteiger partial charge in [-0.05, 0) is 18.9 Å². The molecular weight excluding hydrogens is 200 g/mol. The highest BCUT2D eigenvalue weighted by Gasteiger charge is 2.33. The summed E-state index contributed by atoms with van der Waals surface area (Å²) < 4.78 is 0. The minimum absolute atomic E-state index is 0.0808. The number of nitrogens with zero attached hydrogens (tertiary/aromatic N) is 1. The Hall–Kier alpha value is -0.900. The summed E-state index contributed by atoms with van der Waals surface area (Å²) in [6.07, 6.45) is 0.884. The van der Waals surface area contributed by atoms with E-state index in [1.165, 1.54) is 11.1 Å². The maximum Gasteiger partial charge on any atom is 0.0624 e. The minimum Gasteiger partial charge on any atom is -0.394 e. The maximum absolute atomic E-state index is 9.19. The first-order chi connectivity index (χ1) is 7.61. The lowest BCUT2D eigenvalue weighted by molar-refractivity contribution is 0.192. The Morgan fingerprint density at radius 3 is 2.62 bits per heavy atom. The topological polar surface area (TPSA) is 49.5 Å². The second-order valence-corrected chi connectivity index (χ2v) is 4.97. The molecule has 88 valence electrons. The van der Waals surface area contributed by atoms with Gasteiger partial charge in [0.1, 0.15) is 0 Å². The molecule has 16 heavy (non-hydrogen) atoms. The standard InChI is InChI=1S/C13H20N2O/c1-11-2-4-12(5-3-11)8-15-7-6-13(14,9-15)10-16/h2-5,16H,6-10,14H2,1H3. The van der Waals surface area contributed by atoms with Gasteiger partial charge in [0.25, 0.3) is 0 Å². The van der Waals surface area contributed by atoms with Crippen molar-refractivity contribution < 1.29 is 5.11 Å². The summed E-state index contributed by atoms with van der Waals surface area (Å²) in [5.41, 5.74) is 8.25. The van der Waals surface area contributed by atoms with Crippen LogP contribution in [0.2, 0.25) is 0 Å². The molecule has 3 nitrogen and oxygen atoms in total. The fourth-order valence-corrected chi connectivity index (χ4v) is 2.20. The van der Waals surface area contributed by atoms with Crippen molar-refractivity contribution in [3.8, 4) is 0 Å². The van der Waals surface area contributed by atoms with E-state index in [9.17, 15) is 5.11 Å². The Balaban J connectivity index is 1.94. The van der Waals surface area contributed by atoms with Gasteiger partial charge in [-0.2, -0.15) is 0 Å². The van der Waals surface area contributed by atoms with Crippen molar-refractivity contribution in [2.24, 2.45) is 5.73 Å². The Labute approximate surface area is 96.9 Å². The lowest BCUT2D eigenvalue weighted by atomic mass is 10.0. The zero-order valence-electron chi connectivity index (χ0n) is 9.82. The van der Waals surface area contributed by atoms with Crippen LogP contribution in [0.4, 0.5) is 0 Å². The fourth-order valence-electron chi connectivity index (χ4n) is 2.20. The van der Waals surface area contributed by atoms with Crippen LogP contribution in [0.15, 0.2) is 24.3 Å². The van der Waals surface area contributed by atoms with E-state index in [-0.39, 0.29) is 12.1 Å². The average molecular weight is 220 g/mol. The molecule has 0 aromatic heterocycles. The number of aryl methyl sites for hydroxylation is 1. The van der Waals surface area contributed by atoms with Gasteiger partial charge in [-0.3, -0.25) is 4.90 Å². The van der Waals surface area contributed by atoms with Gasteiger partial charge in [0.05, 0.1) is 12.1 Å². The molecule has 1 aliphatic rings. The summed E-state index contributed by atoms with van der Waals surface area (Å²) in [5, 5.41) is 9.19. The molecule has 0 spiro atoms. The van der Waals surface area contributed by atoms with Gasteiger partial charge in [0, 0.05) is 19.6 Å². The molecule has 3 N–H and O–H groups in total. The summed E-state index contributed by atoms with van der Waals surface area (Å²) in [6.45, 7) is 4.87. The van der Waals surface area contributed by atoms with Crippen LogP contribution in [0.5, 0.6) is 0 Å². The largest absolute Gasteiger partial charge is 0.394 e. The van der Waals surface area contributed by atoms with Gasteiger partial charge in [0.15, 0.2) is 0 Å². The van der Waals surface area contributed by atoms with Crippen LogP contribution < -0.4 is 5.73 Å².